The highest BCUT2D eigenvalue weighted by molar-refractivity contribution is 9.10. The summed E-state index contributed by atoms with van der Waals surface area (Å²) < 4.78 is 12.1. The Hall–Kier alpha value is -3.13. The smallest absolute Gasteiger partial charge is 0.325 e. The zero-order valence-electron chi connectivity index (χ0n) is 18.4. The van der Waals surface area contributed by atoms with Gasteiger partial charge in [-0.1, -0.05) is 46.3 Å². The Morgan fingerprint density at radius 3 is 2.59 bits per heavy atom. The van der Waals surface area contributed by atoms with Gasteiger partial charge in [-0.05, 0) is 50.1 Å². The number of carbonyl (C=O) groups is 2. The third-order valence-electron chi connectivity index (χ3n) is 4.57. The number of amides is 1. The zero-order valence-corrected chi connectivity index (χ0v) is 19.9. The van der Waals surface area contributed by atoms with E-state index in [0.717, 1.165) is 26.9 Å². The van der Waals surface area contributed by atoms with E-state index in [1.165, 1.54) is 0 Å². The first kappa shape index (κ1) is 23.5. The number of fused-ring (bicyclic) bond motifs is 1. The van der Waals surface area contributed by atoms with Crippen LogP contribution in [-0.4, -0.2) is 35.7 Å². The first-order chi connectivity index (χ1) is 15.4. The maximum Gasteiger partial charge on any atom is 0.325 e. The van der Waals surface area contributed by atoms with Crippen molar-refractivity contribution in [1.82, 2.24) is 10.3 Å². The SMILES string of the molecule is CCOC(=O)CNC(=O)C1=C(OCc2ccccc2)c2ccc(Br)cc2CN1N=C(C)C. The maximum absolute atomic E-state index is 13.2. The molecule has 2 aromatic carbocycles. The van der Waals surface area contributed by atoms with E-state index in [1.807, 2.05) is 62.4 Å². The largest absolute Gasteiger partial charge is 0.486 e. The summed E-state index contributed by atoms with van der Waals surface area (Å²) in [5.74, 6) is -0.552. The number of benzene rings is 2. The molecule has 0 atom stereocenters. The molecule has 3 rings (SSSR count). The van der Waals surface area contributed by atoms with Crippen LogP contribution in [-0.2, 0) is 32.2 Å². The number of hydrazone groups is 1. The molecule has 0 aliphatic carbocycles. The lowest BCUT2D eigenvalue weighted by Gasteiger charge is -2.31. The number of halogens is 1. The standard InChI is InChI=1S/C24H26BrN3O4/c1-4-31-21(29)13-26-24(30)22-23(32-15-17-8-6-5-7-9-17)20-11-10-19(25)12-18(20)14-28(22)27-16(2)3/h5-12H,4,13-15H2,1-3H3,(H,26,30). The molecule has 1 amide bonds. The second-order valence-corrected chi connectivity index (χ2v) is 8.26. The van der Waals surface area contributed by atoms with E-state index in [0.29, 0.717) is 12.3 Å². The fourth-order valence-corrected chi connectivity index (χ4v) is 3.68. The van der Waals surface area contributed by atoms with E-state index in [1.54, 1.807) is 11.9 Å². The zero-order chi connectivity index (χ0) is 23.1. The number of rotatable bonds is 8. The molecule has 8 heteroatoms. The molecule has 0 fully saturated rings. The molecule has 168 valence electrons. The van der Waals surface area contributed by atoms with Gasteiger partial charge in [-0.3, -0.25) is 14.6 Å². The van der Waals surface area contributed by atoms with Gasteiger partial charge < -0.3 is 14.8 Å². The number of esters is 1. The molecule has 1 heterocycles. The molecule has 0 bridgehead atoms. The van der Waals surface area contributed by atoms with E-state index in [4.69, 9.17) is 9.47 Å². The summed E-state index contributed by atoms with van der Waals surface area (Å²) in [5, 5.41) is 8.81. The predicted octanol–water partition coefficient (Wildman–Crippen LogP) is 4.23. The molecule has 0 saturated carbocycles. The summed E-state index contributed by atoms with van der Waals surface area (Å²) in [6, 6.07) is 15.5. The van der Waals surface area contributed by atoms with Gasteiger partial charge in [0.2, 0.25) is 0 Å². The minimum absolute atomic E-state index is 0.238. The quantitative estimate of drug-likeness (QED) is 0.434. The molecule has 0 spiro atoms. The van der Waals surface area contributed by atoms with Crippen LogP contribution >= 0.6 is 15.9 Å². The van der Waals surface area contributed by atoms with Crippen LogP contribution in [0, 0.1) is 0 Å². The van der Waals surface area contributed by atoms with Crippen molar-refractivity contribution >= 4 is 39.3 Å². The van der Waals surface area contributed by atoms with Crippen molar-refractivity contribution in [2.24, 2.45) is 5.10 Å². The minimum atomic E-state index is -0.505. The van der Waals surface area contributed by atoms with Gasteiger partial charge in [0.25, 0.3) is 5.91 Å². The van der Waals surface area contributed by atoms with Gasteiger partial charge in [-0.15, -0.1) is 0 Å². The van der Waals surface area contributed by atoms with E-state index in [2.05, 4.69) is 26.3 Å². The lowest BCUT2D eigenvalue weighted by atomic mass is 10.00. The van der Waals surface area contributed by atoms with Crippen LogP contribution < -0.4 is 5.32 Å². The van der Waals surface area contributed by atoms with Gasteiger partial charge in [-0.2, -0.15) is 5.10 Å². The molecular weight excluding hydrogens is 474 g/mol. The molecule has 1 N–H and O–H groups in total. The minimum Gasteiger partial charge on any atom is -0.486 e. The van der Waals surface area contributed by atoms with Crippen molar-refractivity contribution in [2.45, 2.75) is 33.9 Å². The van der Waals surface area contributed by atoms with Gasteiger partial charge in [0, 0.05) is 15.7 Å². The Kier molecular flexibility index (Phi) is 8.05. The van der Waals surface area contributed by atoms with Crippen molar-refractivity contribution in [3.63, 3.8) is 0 Å². The van der Waals surface area contributed by atoms with Crippen molar-refractivity contribution in [2.75, 3.05) is 13.2 Å². The van der Waals surface area contributed by atoms with Gasteiger partial charge in [0.1, 0.15) is 13.2 Å². The predicted molar refractivity (Wildman–Crippen MR) is 126 cm³/mol. The van der Waals surface area contributed by atoms with Crippen molar-refractivity contribution in [1.29, 1.82) is 0 Å². The third kappa shape index (κ3) is 5.97. The van der Waals surface area contributed by atoms with Crippen molar-refractivity contribution in [3.8, 4) is 0 Å². The third-order valence-corrected chi connectivity index (χ3v) is 5.06. The van der Waals surface area contributed by atoms with Crippen LogP contribution in [0.15, 0.2) is 63.8 Å². The molecule has 32 heavy (non-hydrogen) atoms. The summed E-state index contributed by atoms with van der Waals surface area (Å²) in [6.45, 7) is 6.11. The average Bonchev–Trinajstić information content (AvgIpc) is 2.76. The van der Waals surface area contributed by atoms with Gasteiger partial charge >= 0.3 is 5.97 Å². The molecule has 0 radical (unpaired) electrons. The first-order valence-electron chi connectivity index (χ1n) is 10.3. The highest BCUT2D eigenvalue weighted by Gasteiger charge is 2.31. The Morgan fingerprint density at radius 1 is 1.16 bits per heavy atom. The number of hydrogen-bond acceptors (Lipinski definition) is 6. The summed E-state index contributed by atoms with van der Waals surface area (Å²) in [7, 11) is 0. The number of ether oxygens (including phenoxy) is 2. The van der Waals surface area contributed by atoms with E-state index in [9.17, 15) is 9.59 Å². The molecule has 0 unspecified atom stereocenters. The summed E-state index contributed by atoms with van der Waals surface area (Å²) in [5.41, 5.74) is 3.78. The number of nitrogens with one attached hydrogen (secondary N) is 1. The molecule has 0 saturated heterocycles. The molecule has 1 aliphatic heterocycles. The molecule has 2 aromatic rings. The van der Waals surface area contributed by atoms with Crippen molar-refractivity contribution in [3.05, 3.63) is 75.4 Å². The topological polar surface area (TPSA) is 80.2 Å². The van der Waals surface area contributed by atoms with Crippen LogP contribution in [0.2, 0.25) is 0 Å². The Bertz CT molecular complexity index is 1050. The normalized spacial score (nSPS) is 12.7. The second kappa shape index (κ2) is 10.9. The lowest BCUT2D eigenvalue weighted by Crippen LogP contribution is -2.38. The van der Waals surface area contributed by atoms with E-state index < -0.39 is 11.9 Å². The van der Waals surface area contributed by atoms with Crippen LogP contribution in [0.25, 0.3) is 5.76 Å². The Morgan fingerprint density at radius 2 is 1.91 bits per heavy atom. The summed E-state index contributed by atoms with van der Waals surface area (Å²) in [6.07, 6.45) is 0. The number of nitrogens with zero attached hydrogens (tertiary/aromatic N) is 2. The monoisotopic (exact) mass is 499 g/mol. The molecule has 0 aromatic heterocycles. The Balaban J connectivity index is 2.03. The Labute approximate surface area is 196 Å². The first-order valence-corrected chi connectivity index (χ1v) is 11.1. The highest BCUT2D eigenvalue weighted by Crippen LogP contribution is 2.35. The fraction of sp³-hybridized carbons (Fsp3) is 0.292. The van der Waals surface area contributed by atoms with Crippen molar-refractivity contribution < 1.29 is 19.1 Å². The average molecular weight is 500 g/mol. The summed E-state index contributed by atoms with van der Waals surface area (Å²) >= 11 is 3.51. The van der Waals surface area contributed by atoms with Crippen LogP contribution in [0.3, 0.4) is 0 Å². The molecule has 7 nitrogen and oxygen atoms in total. The van der Waals surface area contributed by atoms with E-state index in [-0.39, 0.29) is 25.5 Å². The molecular formula is C24H26BrN3O4. The highest BCUT2D eigenvalue weighted by atomic mass is 79.9. The van der Waals surface area contributed by atoms with Crippen LogP contribution in [0.1, 0.15) is 37.5 Å². The molecule has 1 aliphatic rings. The number of hydrogen-bond donors (Lipinski definition) is 1. The second-order valence-electron chi connectivity index (χ2n) is 7.35. The number of carbonyl (C=O) groups excluding carboxylic acids is 2. The lowest BCUT2D eigenvalue weighted by molar-refractivity contribution is -0.143. The van der Waals surface area contributed by atoms with Crippen LogP contribution in [0.4, 0.5) is 0 Å². The van der Waals surface area contributed by atoms with Gasteiger partial charge in [-0.25, -0.2) is 0 Å². The van der Waals surface area contributed by atoms with Gasteiger partial charge in [0.15, 0.2) is 11.5 Å². The fourth-order valence-electron chi connectivity index (χ4n) is 3.27. The van der Waals surface area contributed by atoms with Crippen LogP contribution in [0.5, 0.6) is 0 Å². The van der Waals surface area contributed by atoms with E-state index >= 15 is 0 Å². The maximum atomic E-state index is 13.2. The summed E-state index contributed by atoms with van der Waals surface area (Å²) in [4.78, 5) is 25.0. The van der Waals surface area contributed by atoms with Gasteiger partial charge in [0.05, 0.1) is 13.2 Å².